The molecule has 1 aliphatic rings. The summed E-state index contributed by atoms with van der Waals surface area (Å²) in [6, 6.07) is 1.57. The SMILES string of the molecule is CCn1cc(S(=O)(=O)N2CCN(C)C(C)(C)C2)cc1CO. The highest BCUT2D eigenvalue weighted by atomic mass is 32.2. The number of nitrogens with zero attached hydrogens (tertiary/aromatic N) is 3. The van der Waals surface area contributed by atoms with Crippen LogP contribution in [0.25, 0.3) is 0 Å². The molecule has 1 aromatic heterocycles. The molecule has 0 aliphatic carbocycles. The van der Waals surface area contributed by atoms with Gasteiger partial charge < -0.3 is 9.67 Å². The van der Waals surface area contributed by atoms with Gasteiger partial charge in [-0.2, -0.15) is 4.31 Å². The van der Waals surface area contributed by atoms with E-state index in [1.54, 1.807) is 21.1 Å². The molecule has 0 aromatic carbocycles. The second kappa shape index (κ2) is 5.72. The highest BCUT2D eigenvalue weighted by molar-refractivity contribution is 7.89. The van der Waals surface area contributed by atoms with Crippen molar-refractivity contribution >= 4 is 10.0 Å². The summed E-state index contributed by atoms with van der Waals surface area (Å²) in [5, 5.41) is 9.32. The maximum Gasteiger partial charge on any atom is 0.244 e. The first-order chi connectivity index (χ1) is 9.72. The van der Waals surface area contributed by atoms with E-state index in [1.165, 1.54) is 0 Å². The van der Waals surface area contributed by atoms with Crippen LogP contribution in [0.5, 0.6) is 0 Å². The lowest BCUT2D eigenvalue weighted by atomic mass is 10.0. The van der Waals surface area contributed by atoms with Crippen LogP contribution >= 0.6 is 0 Å². The zero-order chi connectivity index (χ0) is 15.8. The molecule has 1 aromatic rings. The fourth-order valence-corrected chi connectivity index (χ4v) is 4.29. The topological polar surface area (TPSA) is 65.8 Å². The molecule has 0 radical (unpaired) electrons. The van der Waals surface area contributed by atoms with Crippen LogP contribution in [0.1, 0.15) is 26.5 Å². The molecular weight excluding hydrogens is 290 g/mol. The molecule has 0 bridgehead atoms. The van der Waals surface area contributed by atoms with Crippen LogP contribution in [0, 0.1) is 0 Å². The Morgan fingerprint density at radius 3 is 2.48 bits per heavy atom. The summed E-state index contributed by atoms with van der Waals surface area (Å²) in [6.45, 7) is 8.18. The van der Waals surface area contributed by atoms with Crippen LogP contribution in [0.2, 0.25) is 0 Å². The Bertz CT molecular complexity index is 585. The number of aryl methyl sites for hydroxylation is 1. The van der Waals surface area contributed by atoms with E-state index in [2.05, 4.69) is 4.90 Å². The third-order valence-corrected chi connectivity index (χ3v) is 6.19. The molecule has 0 spiro atoms. The molecule has 1 fully saturated rings. The van der Waals surface area contributed by atoms with Crippen molar-refractivity contribution in [2.24, 2.45) is 0 Å². The third-order valence-electron chi connectivity index (χ3n) is 4.38. The number of aliphatic hydroxyl groups excluding tert-OH is 1. The monoisotopic (exact) mass is 315 g/mol. The summed E-state index contributed by atoms with van der Waals surface area (Å²) in [5.74, 6) is 0. The molecule has 0 saturated carbocycles. The second-order valence-electron chi connectivity index (χ2n) is 6.18. The minimum atomic E-state index is -3.50. The van der Waals surface area contributed by atoms with E-state index in [9.17, 15) is 13.5 Å². The lowest BCUT2D eigenvalue weighted by Crippen LogP contribution is -2.58. The zero-order valence-electron chi connectivity index (χ0n) is 13.2. The van der Waals surface area contributed by atoms with Crippen LogP contribution in [0.15, 0.2) is 17.2 Å². The number of aromatic nitrogens is 1. The molecule has 0 atom stereocenters. The van der Waals surface area contributed by atoms with Crippen molar-refractivity contribution < 1.29 is 13.5 Å². The van der Waals surface area contributed by atoms with E-state index in [4.69, 9.17) is 0 Å². The van der Waals surface area contributed by atoms with E-state index in [-0.39, 0.29) is 17.0 Å². The minimum absolute atomic E-state index is 0.155. The van der Waals surface area contributed by atoms with Crippen LogP contribution in [0.3, 0.4) is 0 Å². The Hall–Kier alpha value is -0.890. The average molecular weight is 315 g/mol. The van der Waals surface area contributed by atoms with Gasteiger partial charge in [0.1, 0.15) is 4.90 Å². The first-order valence-electron chi connectivity index (χ1n) is 7.23. The summed E-state index contributed by atoms with van der Waals surface area (Å²) in [7, 11) is -1.49. The number of piperazine rings is 1. The summed E-state index contributed by atoms with van der Waals surface area (Å²) in [5.41, 5.74) is 0.447. The van der Waals surface area contributed by atoms with E-state index in [1.807, 2.05) is 27.8 Å². The van der Waals surface area contributed by atoms with Gasteiger partial charge in [0.2, 0.25) is 10.0 Å². The Kier molecular flexibility index (Phi) is 4.49. The average Bonchev–Trinajstić information content (AvgIpc) is 2.85. The first kappa shape index (κ1) is 16.5. The van der Waals surface area contributed by atoms with Crippen molar-refractivity contribution in [2.75, 3.05) is 26.7 Å². The van der Waals surface area contributed by atoms with Gasteiger partial charge in [-0.1, -0.05) is 0 Å². The largest absolute Gasteiger partial charge is 0.390 e. The fourth-order valence-electron chi connectivity index (χ4n) is 2.64. The predicted molar refractivity (Wildman–Crippen MR) is 81.5 cm³/mol. The number of likely N-dealkylation sites (N-methyl/N-ethyl adjacent to an activating group) is 1. The molecule has 21 heavy (non-hydrogen) atoms. The standard InChI is InChI=1S/C14H25N3O3S/c1-5-16-9-13(8-12(16)10-18)21(19,20)17-7-6-15(4)14(2,3)11-17/h8-9,18H,5-7,10-11H2,1-4H3. The van der Waals surface area contributed by atoms with Gasteiger partial charge >= 0.3 is 0 Å². The van der Waals surface area contributed by atoms with Crippen LogP contribution in [-0.2, 0) is 23.2 Å². The van der Waals surface area contributed by atoms with Crippen molar-refractivity contribution in [3.05, 3.63) is 18.0 Å². The molecule has 7 heteroatoms. The quantitative estimate of drug-likeness (QED) is 0.889. The number of aliphatic hydroxyl groups is 1. The van der Waals surface area contributed by atoms with Crippen LogP contribution in [-0.4, -0.2) is 59.5 Å². The predicted octanol–water partition coefficient (Wildman–Crippen LogP) is 0.715. The summed E-state index contributed by atoms with van der Waals surface area (Å²) >= 11 is 0. The number of rotatable bonds is 4. The first-order valence-corrected chi connectivity index (χ1v) is 8.67. The molecular formula is C14H25N3O3S. The number of sulfonamides is 1. The molecule has 2 rings (SSSR count). The van der Waals surface area contributed by atoms with E-state index < -0.39 is 10.0 Å². The van der Waals surface area contributed by atoms with Gasteiger partial charge in [0, 0.05) is 43.6 Å². The molecule has 0 unspecified atom stereocenters. The van der Waals surface area contributed by atoms with Gasteiger partial charge in [0.05, 0.1) is 6.61 Å². The van der Waals surface area contributed by atoms with Gasteiger partial charge in [-0.25, -0.2) is 8.42 Å². The van der Waals surface area contributed by atoms with Gasteiger partial charge in [0.25, 0.3) is 0 Å². The maximum atomic E-state index is 12.8. The van der Waals surface area contributed by atoms with Crippen molar-refractivity contribution in [3.8, 4) is 0 Å². The van der Waals surface area contributed by atoms with Crippen molar-refractivity contribution in [3.63, 3.8) is 0 Å². The van der Waals surface area contributed by atoms with Gasteiger partial charge in [-0.05, 0) is 33.9 Å². The van der Waals surface area contributed by atoms with Gasteiger partial charge in [-0.15, -0.1) is 0 Å². The normalized spacial score (nSPS) is 20.8. The second-order valence-corrected chi connectivity index (χ2v) is 8.12. The van der Waals surface area contributed by atoms with Crippen molar-refractivity contribution in [1.29, 1.82) is 0 Å². The molecule has 1 saturated heterocycles. The fraction of sp³-hybridized carbons (Fsp3) is 0.714. The van der Waals surface area contributed by atoms with Gasteiger partial charge in [-0.3, -0.25) is 4.90 Å². The highest BCUT2D eigenvalue weighted by Gasteiger charge is 2.37. The molecule has 2 heterocycles. The Morgan fingerprint density at radius 2 is 2.00 bits per heavy atom. The van der Waals surface area contributed by atoms with Crippen LogP contribution < -0.4 is 0 Å². The van der Waals surface area contributed by atoms with E-state index in [0.717, 1.165) is 0 Å². The zero-order valence-corrected chi connectivity index (χ0v) is 14.0. The molecule has 120 valence electrons. The highest BCUT2D eigenvalue weighted by Crippen LogP contribution is 2.26. The molecule has 0 amide bonds. The molecule has 1 N–H and O–H groups in total. The Morgan fingerprint density at radius 1 is 1.33 bits per heavy atom. The maximum absolute atomic E-state index is 12.8. The lowest BCUT2D eigenvalue weighted by molar-refractivity contribution is 0.0801. The summed E-state index contributed by atoms with van der Waals surface area (Å²) in [4.78, 5) is 2.45. The third kappa shape index (κ3) is 3.01. The number of hydrogen-bond acceptors (Lipinski definition) is 4. The van der Waals surface area contributed by atoms with E-state index in [0.29, 0.717) is 31.9 Å². The van der Waals surface area contributed by atoms with Crippen molar-refractivity contribution in [1.82, 2.24) is 13.8 Å². The summed E-state index contributed by atoms with van der Waals surface area (Å²) < 4.78 is 28.9. The Balaban J connectivity index is 2.32. The molecule has 1 aliphatic heterocycles. The van der Waals surface area contributed by atoms with E-state index >= 15 is 0 Å². The smallest absolute Gasteiger partial charge is 0.244 e. The minimum Gasteiger partial charge on any atom is -0.390 e. The Labute approximate surface area is 127 Å². The number of hydrogen-bond donors (Lipinski definition) is 1. The van der Waals surface area contributed by atoms with Crippen molar-refractivity contribution in [2.45, 2.75) is 44.4 Å². The lowest BCUT2D eigenvalue weighted by Gasteiger charge is -2.44. The van der Waals surface area contributed by atoms with Crippen LogP contribution in [0.4, 0.5) is 0 Å². The molecule has 6 nitrogen and oxygen atoms in total. The summed E-state index contributed by atoms with van der Waals surface area (Å²) in [6.07, 6.45) is 1.62. The van der Waals surface area contributed by atoms with Gasteiger partial charge in [0.15, 0.2) is 0 Å².